The van der Waals surface area contributed by atoms with E-state index < -0.39 is 6.61 Å². The first-order valence-electron chi connectivity index (χ1n) is 15.1. The quantitative estimate of drug-likeness (QED) is 0.286. The Morgan fingerprint density at radius 2 is 1.77 bits per heavy atom. The van der Waals surface area contributed by atoms with E-state index in [0.717, 1.165) is 22.5 Å². The van der Waals surface area contributed by atoms with Gasteiger partial charge in [0.25, 0.3) is 5.91 Å². The number of rotatable bonds is 8. The Hall–Kier alpha value is -4.53. The number of likely N-dealkylation sites (N-methyl/N-ethyl adjacent to an activating group) is 1. The number of halogens is 3. The SMILES string of the molecule is CNCC1CN(C(=O)N2CCN(C(=O)c3ccc(Nc4nccn5c(-c6ccc(OC(F)F)cc6)cnc45)cc3C)CC2)CCO1.Cl. The Labute approximate surface area is 277 Å². The summed E-state index contributed by atoms with van der Waals surface area (Å²) in [6.45, 7) is 3.22. The standard InChI is InChI=1S/C32H36F2N8O4.ClH/c1-21-17-23(38-28-29-37-19-27(42(29)10-9-36-28)22-3-6-24(7-4-22)46-31(33)34)5-8-26(21)30(43)39-11-13-40(14-12-39)32(44)41-15-16-45-25(20-41)18-35-2;/h3-10,17,19,25,31,35H,11-16,18,20H2,1-2H3,(H,36,38);1H. The molecule has 2 fully saturated rings. The normalized spacial score (nSPS) is 16.7. The van der Waals surface area contributed by atoms with Gasteiger partial charge in [-0.3, -0.25) is 9.20 Å². The molecule has 0 bridgehead atoms. The third-order valence-electron chi connectivity index (χ3n) is 8.20. The molecule has 2 aliphatic heterocycles. The number of aryl methyl sites for hydroxylation is 1. The van der Waals surface area contributed by atoms with Crippen LogP contribution in [-0.2, 0) is 4.74 Å². The van der Waals surface area contributed by atoms with Gasteiger partial charge >= 0.3 is 12.6 Å². The fourth-order valence-corrected chi connectivity index (χ4v) is 5.86. The van der Waals surface area contributed by atoms with Crippen molar-refractivity contribution in [2.45, 2.75) is 19.6 Å². The first-order chi connectivity index (χ1) is 22.3. The van der Waals surface area contributed by atoms with Crippen molar-refractivity contribution in [3.05, 3.63) is 72.2 Å². The molecule has 4 aromatic rings. The number of carbonyl (C=O) groups is 2. The molecule has 2 aromatic carbocycles. The average molecular weight is 671 g/mol. The Balaban J connectivity index is 0.00000433. The highest BCUT2D eigenvalue weighted by Crippen LogP contribution is 2.28. The van der Waals surface area contributed by atoms with E-state index in [0.29, 0.717) is 69.4 Å². The van der Waals surface area contributed by atoms with Crippen molar-refractivity contribution < 1.29 is 27.8 Å². The second kappa shape index (κ2) is 14.9. The number of aromatic nitrogens is 3. The number of nitrogens with zero attached hydrogens (tertiary/aromatic N) is 6. The molecule has 2 saturated heterocycles. The van der Waals surface area contributed by atoms with Crippen LogP contribution in [-0.4, -0.2) is 113 Å². The van der Waals surface area contributed by atoms with Gasteiger partial charge in [-0.25, -0.2) is 14.8 Å². The van der Waals surface area contributed by atoms with Crippen molar-refractivity contribution in [1.29, 1.82) is 0 Å². The third kappa shape index (κ3) is 7.56. The minimum atomic E-state index is -2.89. The van der Waals surface area contributed by atoms with Crippen LogP contribution in [0.2, 0.25) is 0 Å². The highest BCUT2D eigenvalue weighted by atomic mass is 35.5. The number of fused-ring (bicyclic) bond motifs is 1. The minimum Gasteiger partial charge on any atom is -0.435 e. The Bertz CT molecular complexity index is 1700. The molecule has 250 valence electrons. The van der Waals surface area contributed by atoms with Crippen LogP contribution < -0.4 is 15.4 Å². The van der Waals surface area contributed by atoms with Crippen LogP contribution in [0.5, 0.6) is 5.75 Å². The Kier molecular flexibility index (Phi) is 10.7. The van der Waals surface area contributed by atoms with Gasteiger partial charge in [0.2, 0.25) is 0 Å². The summed E-state index contributed by atoms with van der Waals surface area (Å²) in [5.41, 5.74) is 4.25. The number of morpholine rings is 1. The van der Waals surface area contributed by atoms with Crippen LogP contribution in [0.1, 0.15) is 15.9 Å². The summed E-state index contributed by atoms with van der Waals surface area (Å²) in [7, 11) is 1.87. The molecule has 3 amide bonds. The summed E-state index contributed by atoms with van der Waals surface area (Å²) in [6, 6.07) is 11.9. The number of ether oxygens (including phenoxy) is 2. The van der Waals surface area contributed by atoms with Gasteiger partial charge in [0, 0.05) is 75.0 Å². The fraction of sp³-hybridized carbons (Fsp3) is 0.375. The summed E-state index contributed by atoms with van der Waals surface area (Å²) in [4.78, 5) is 41.0. The van der Waals surface area contributed by atoms with Gasteiger partial charge < -0.3 is 34.8 Å². The number of hydrogen-bond donors (Lipinski definition) is 2. The molecule has 2 aliphatic rings. The molecular formula is C32H37ClF2N8O4. The molecule has 0 saturated carbocycles. The second-order valence-corrected chi connectivity index (χ2v) is 11.2. The maximum Gasteiger partial charge on any atom is 0.387 e. The first-order valence-corrected chi connectivity index (χ1v) is 15.1. The zero-order valence-corrected chi connectivity index (χ0v) is 26.9. The fourth-order valence-electron chi connectivity index (χ4n) is 5.86. The maximum atomic E-state index is 13.5. The molecule has 2 N–H and O–H groups in total. The third-order valence-corrected chi connectivity index (χ3v) is 8.20. The van der Waals surface area contributed by atoms with Gasteiger partial charge in [-0.15, -0.1) is 12.4 Å². The number of hydrogen-bond acceptors (Lipinski definition) is 8. The maximum absolute atomic E-state index is 13.5. The predicted octanol–water partition coefficient (Wildman–Crippen LogP) is 4.27. The zero-order chi connectivity index (χ0) is 32.2. The number of carbonyl (C=O) groups excluding carboxylic acids is 2. The molecule has 6 rings (SSSR count). The van der Waals surface area contributed by atoms with E-state index in [4.69, 9.17) is 4.74 Å². The number of urea groups is 1. The van der Waals surface area contributed by atoms with Crippen molar-refractivity contribution >= 4 is 41.5 Å². The summed E-state index contributed by atoms with van der Waals surface area (Å²) in [5, 5.41) is 6.40. The number of imidazole rings is 1. The summed E-state index contributed by atoms with van der Waals surface area (Å²) >= 11 is 0. The second-order valence-electron chi connectivity index (χ2n) is 11.2. The van der Waals surface area contributed by atoms with Crippen LogP contribution in [0, 0.1) is 6.92 Å². The molecule has 4 heterocycles. The zero-order valence-electron chi connectivity index (χ0n) is 26.1. The molecule has 1 atom stereocenters. The number of alkyl halides is 2. The van der Waals surface area contributed by atoms with Gasteiger partial charge in [-0.1, -0.05) is 0 Å². The van der Waals surface area contributed by atoms with Crippen LogP contribution >= 0.6 is 12.4 Å². The number of benzene rings is 2. The van der Waals surface area contributed by atoms with Gasteiger partial charge in [0.1, 0.15) is 5.75 Å². The average Bonchev–Trinajstić information content (AvgIpc) is 3.50. The van der Waals surface area contributed by atoms with E-state index in [1.807, 2.05) is 40.3 Å². The van der Waals surface area contributed by atoms with Gasteiger partial charge in [-0.2, -0.15) is 8.78 Å². The molecule has 0 radical (unpaired) electrons. The van der Waals surface area contributed by atoms with E-state index in [1.54, 1.807) is 41.7 Å². The molecule has 1 unspecified atom stereocenters. The number of anilines is 2. The largest absolute Gasteiger partial charge is 0.435 e. The molecule has 15 heteroatoms. The van der Waals surface area contributed by atoms with E-state index in [2.05, 4.69) is 25.3 Å². The van der Waals surface area contributed by atoms with Crippen LogP contribution in [0.15, 0.2) is 61.1 Å². The van der Waals surface area contributed by atoms with Gasteiger partial charge in [-0.05, 0) is 62.0 Å². The lowest BCUT2D eigenvalue weighted by Crippen LogP contribution is -2.57. The Morgan fingerprint density at radius 3 is 2.47 bits per heavy atom. The minimum absolute atomic E-state index is 0. The molecule has 0 aliphatic carbocycles. The smallest absolute Gasteiger partial charge is 0.387 e. The number of nitrogens with one attached hydrogen (secondary N) is 2. The lowest BCUT2D eigenvalue weighted by atomic mass is 10.1. The summed E-state index contributed by atoms with van der Waals surface area (Å²) in [6.07, 6.45) is 5.08. The number of piperazine rings is 1. The molecule has 12 nitrogen and oxygen atoms in total. The first kappa shape index (κ1) is 33.8. The topological polar surface area (TPSA) is 117 Å². The monoisotopic (exact) mass is 670 g/mol. The van der Waals surface area contributed by atoms with Crippen molar-refractivity contribution in [2.24, 2.45) is 0 Å². The van der Waals surface area contributed by atoms with Crippen molar-refractivity contribution in [2.75, 3.05) is 64.8 Å². The molecule has 47 heavy (non-hydrogen) atoms. The van der Waals surface area contributed by atoms with Crippen LogP contribution in [0.25, 0.3) is 16.9 Å². The van der Waals surface area contributed by atoms with E-state index in [-0.39, 0.29) is 36.2 Å². The Morgan fingerprint density at radius 1 is 1.02 bits per heavy atom. The lowest BCUT2D eigenvalue weighted by Gasteiger charge is -2.40. The lowest BCUT2D eigenvalue weighted by molar-refractivity contribution is -0.0498. The van der Waals surface area contributed by atoms with Crippen LogP contribution in [0.3, 0.4) is 0 Å². The predicted molar refractivity (Wildman–Crippen MR) is 175 cm³/mol. The van der Waals surface area contributed by atoms with E-state index in [9.17, 15) is 18.4 Å². The highest BCUT2D eigenvalue weighted by molar-refractivity contribution is 5.96. The van der Waals surface area contributed by atoms with Crippen LogP contribution in [0.4, 0.5) is 25.1 Å². The highest BCUT2D eigenvalue weighted by Gasteiger charge is 2.31. The molecule has 2 aromatic heterocycles. The summed E-state index contributed by atoms with van der Waals surface area (Å²) < 4.78 is 37.1. The van der Waals surface area contributed by atoms with Crippen molar-refractivity contribution in [1.82, 2.24) is 34.4 Å². The summed E-state index contributed by atoms with van der Waals surface area (Å²) in [5.74, 6) is 0.525. The molecular weight excluding hydrogens is 634 g/mol. The molecule has 0 spiro atoms. The van der Waals surface area contributed by atoms with E-state index >= 15 is 0 Å². The van der Waals surface area contributed by atoms with Gasteiger partial charge in [0.05, 0.1) is 24.6 Å². The van der Waals surface area contributed by atoms with Crippen molar-refractivity contribution in [3.63, 3.8) is 0 Å². The number of amides is 3. The van der Waals surface area contributed by atoms with Crippen molar-refractivity contribution in [3.8, 4) is 17.0 Å². The van der Waals surface area contributed by atoms with E-state index in [1.165, 1.54) is 12.1 Å². The van der Waals surface area contributed by atoms with Gasteiger partial charge in [0.15, 0.2) is 11.5 Å².